The molecule has 1 aromatic rings. The van der Waals surface area contributed by atoms with Crippen molar-refractivity contribution >= 4 is 23.2 Å². The molecule has 1 heterocycles. The van der Waals surface area contributed by atoms with E-state index in [0.29, 0.717) is 13.0 Å². The van der Waals surface area contributed by atoms with Crippen LogP contribution in [0.2, 0.25) is 0 Å². The summed E-state index contributed by atoms with van der Waals surface area (Å²) in [4.78, 5) is 12.4. The Morgan fingerprint density at radius 2 is 2.10 bits per heavy atom. The van der Waals surface area contributed by atoms with Gasteiger partial charge in [-0.1, -0.05) is 12.2 Å². The molecule has 4 nitrogen and oxygen atoms in total. The van der Waals surface area contributed by atoms with E-state index in [2.05, 4.69) is 0 Å². The third-order valence-corrected chi connectivity index (χ3v) is 3.75. The monoisotopic (exact) mass is 319 g/mol. The average Bonchev–Trinajstić information content (AvgIpc) is 2.35. The van der Waals surface area contributed by atoms with Crippen LogP contribution in [-0.2, 0) is 11.0 Å². The summed E-state index contributed by atoms with van der Waals surface area (Å²) in [7, 11) is 1.26. The molecule has 1 N–H and O–H groups in total. The normalized spacial score (nSPS) is 18.1. The lowest BCUT2D eigenvalue weighted by atomic mass is 10.0. The summed E-state index contributed by atoms with van der Waals surface area (Å²) in [6.07, 6.45) is -4.11. The predicted molar refractivity (Wildman–Crippen MR) is 72.4 cm³/mol. The number of methoxy groups -OCH3 is 1. The molecule has 0 radical (unpaired) electrons. The summed E-state index contributed by atoms with van der Waals surface area (Å²) in [5.41, 5.74) is -0.755. The van der Waals surface area contributed by atoms with Gasteiger partial charge in [0.05, 0.1) is 12.7 Å². The Hall–Kier alpha value is -1.83. The number of carboxylic acids is 1. The van der Waals surface area contributed by atoms with Gasteiger partial charge in [0.1, 0.15) is 16.8 Å². The van der Waals surface area contributed by atoms with Crippen LogP contribution in [0.5, 0.6) is 5.75 Å². The van der Waals surface area contributed by atoms with E-state index in [0.717, 1.165) is 12.1 Å². The van der Waals surface area contributed by atoms with Crippen LogP contribution in [0.25, 0.3) is 0 Å². The Bertz CT molecular complexity index is 589. The maximum Gasteiger partial charge on any atom is 0.416 e. The fourth-order valence-corrected chi connectivity index (χ4v) is 2.39. The Balaban J connectivity index is 2.35. The van der Waals surface area contributed by atoms with E-state index in [1.54, 1.807) is 0 Å². The molecule has 1 saturated heterocycles. The number of ether oxygens (including phenoxy) is 1. The number of halogens is 3. The minimum atomic E-state index is -4.53. The van der Waals surface area contributed by atoms with Crippen molar-refractivity contribution in [3.05, 3.63) is 29.3 Å². The van der Waals surface area contributed by atoms with Crippen LogP contribution in [0.15, 0.2) is 18.2 Å². The minimum Gasteiger partial charge on any atom is -0.497 e. The lowest BCUT2D eigenvalue weighted by Crippen LogP contribution is -2.54. The van der Waals surface area contributed by atoms with E-state index in [9.17, 15) is 18.0 Å². The number of aliphatic carboxylic acids is 1. The fourth-order valence-electron chi connectivity index (χ4n) is 2.06. The van der Waals surface area contributed by atoms with Gasteiger partial charge in [0, 0.05) is 12.1 Å². The van der Waals surface area contributed by atoms with Crippen LogP contribution in [0.3, 0.4) is 0 Å². The summed E-state index contributed by atoms with van der Waals surface area (Å²) in [6.45, 7) is 0.411. The molecule has 2 rings (SSSR count). The van der Waals surface area contributed by atoms with Gasteiger partial charge in [-0.15, -0.1) is 0 Å². The molecule has 0 bridgehead atoms. The smallest absolute Gasteiger partial charge is 0.416 e. The van der Waals surface area contributed by atoms with E-state index >= 15 is 0 Å². The maximum atomic E-state index is 12.8. The Morgan fingerprint density at radius 1 is 1.43 bits per heavy atom. The van der Waals surface area contributed by atoms with Crippen LogP contribution in [-0.4, -0.2) is 40.7 Å². The van der Waals surface area contributed by atoms with Gasteiger partial charge in [-0.2, -0.15) is 13.2 Å². The number of thiocarbonyl (C=S) groups is 1. The van der Waals surface area contributed by atoms with E-state index in [1.807, 2.05) is 0 Å². The van der Waals surface area contributed by atoms with E-state index in [4.69, 9.17) is 22.1 Å². The predicted octanol–water partition coefficient (Wildman–Crippen LogP) is 2.55. The van der Waals surface area contributed by atoms with Crippen molar-refractivity contribution in [2.45, 2.75) is 18.6 Å². The number of carboxylic acid groups (broad SMARTS) is 1. The van der Waals surface area contributed by atoms with Crippen LogP contribution >= 0.6 is 12.2 Å². The van der Waals surface area contributed by atoms with Crippen molar-refractivity contribution in [2.75, 3.05) is 13.7 Å². The first kappa shape index (κ1) is 15.6. The Kier molecular flexibility index (Phi) is 4.08. The zero-order valence-electron chi connectivity index (χ0n) is 11.0. The Morgan fingerprint density at radius 3 is 2.52 bits per heavy atom. The van der Waals surface area contributed by atoms with Crippen LogP contribution in [0, 0.1) is 0 Å². The first-order chi connectivity index (χ1) is 9.74. The summed E-state index contributed by atoms with van der Waals surface area (Å²) < 4.78 is 43.4. The molecule has 0 saturated carbocycles. The number of hydrogen-bond acceptors (Lipinski definition) is 3. The number of rotatable bonds is 3. The average molecular weight is 319 g/mol. The minimum absolute atomic E-state index is 0.0228. The molecular weight excluding hydrogens is 307 g/mol. The van der Waals surface area contributed by atoms with Crippen molar-refractivity contribution in [1.82, 2.24) is 4.90 Å². The third-order valence-electron chi connectivity index (χ3n) is 3.28. The van der Waals surface area contributed by atoms with Crippen LogP contribution in [0.1, 0.15) is 17.5 Å². The maximum absolute atomic E-state index is 12.8. The highest BCUT2D eigenvalue weighted by molar-refractivity contribution is 7.80. The number of alkyl halides is 3. The van der Waals surface area contributed by atoms with Crippen LogP contribution < -0.4 is 4.74 Å². The lowest BCUT2D eigenvalue weighted by molar-refractivity contribution is -0.145. The number of carbonyl (C=O) groups is 1. The highest BCUT2D eigenvalue weighted by Gasteiger charge is 2.37. The largest absolute Gasteiger partial charge is 0.497 e. The van der Waals surface area contributed by atoms with Gasteiger partial charge < -0.3 is 14.7 Å². The number of hydrogen-bond donors (Lipinski definition) is 1. The quantitative estimate of drug-likeness (QED) is 0.868. The van der Waals surface area contributed by atoms with Gasteiger partial charge in [-0.25, -0.2) is 4.79 Å². The molecular formula is C13H12F3NO3S. The first-order valence-corrected chi connectivity index (χ1v) is 6.45. The molecule has 1 atom stereocenters. The molecule has 0 aliphatic carbocycles. The fraction of sp³-hybridized carbons (Fsp3) is 0.385. The van der Waals surface area contributed by atoms with Crippen molar-refractivity contribution in [1.29, 1.82) is 0 Å². The molecule has 21 heavy (non-hydrogen) atoms. The standard InChI is InChI=1S/C13H12F3NO3S/c1-20-9-5-7(4-8(6-9)13(14,15)16)11(21)17-3-2-10(17)12(18)19/h4-6,10H,2-3H2,1H3,(H,18,19)/t10-/m1/s1. The highest BCUT2D eigenvalue weighted by atomic mass is 32.1. The van der Waals surface area contributed by atoms with E-state index in [1.165, 1.54) is 18.1 Å². The van der Waals surface area contributed by atoms with Gasteiger partial charge in [-0.05, 0) is 24.6 Å². The van der Waals surface area contributed by atoms with Gasteiger partial charge in [0.2, 0.25) is 0 Å². The van der Waals surface area contributed by atoms with Crippen LogP contribution in [0.4, 0.5) is 13.2 Å². The first-order valence-electron chi connectivity index (χ1n) is 6.04. The molecule has 1 aliphatic rings. The van der Waals surface area contributed by atoms with Crippen molar-refractivity contribution in [3.63, 3.8) is 0 Å². The summed E-state index contributed by atoms with van der Waals surface area (Å²) in [5.74, 6) is -1.02. The van der Waals surface area contributed by atoms with Gasteiger partial charge in [-0.3, -0.25) is 0 Å². The second-order valence-electron chi connectivity index (χ2n) is 4.59. The number of likely N-dealkylation sites (tertiary alicyclic amines) is 1. The van der Waals surface area contributed by atoms with E-state index in [-0.39, 0.29) is 16.3 Å². The summed E-state index contributed by atoms with van der Waals surface area (Å²) in [5, 5.41) is 8.98. The summed E-state index contributed by atoms with van der Waals surface area (Å²) in [6, 6.07) is 2.37. The third kappa shape index (κ3) is 3.10. The molecule has 8 heteroatoms. The topological polar surface area (TPSA) is 49.8 Å². The summed E-state index contributed by atoms with van der Waals surface area (Å²) >= 11 is 5.12. The Labute approximate surface area is 124 Å². The van der Waals surface area contributed by atoms with Gasteiger partial charge in [0.15, 0.2) is 0 Å². The second kappa shape index (κ2) is 5.51. The molecule has 1 aromatic carbocycles. The van der Waals surface area contributed by atoms with Crippen molar-refractivity contribution < 1.29 is 27.8 Å². The van der Waals surface area contributed by atoms with Gasteiger partial charge >= 0.3 is 12.1 Å². The van der Waals surface area contributed by atoms with Crippen molar-refractivity contribution in [3.8, 4) is 5.75 Å². The molecule has 1 aliphatic heterocycles. The molecule has 0 amide bonds. The van der Waals surface area contributed by atoms with Crippen molar-refractivity contribution in [2.24, 2.45) is 0 Å². The number of benzene rings is 1. The zero-order valence-corrected chi connectivity index (χ0v) is 11.8. The molecule has 0 spiro atoms. The SMILES string of the molecule is COc1cc(C(=S)N2CC[C@@H]2C(=O)O)cc(C(F)(F)F)c1. The highest BCUT2D eigenvalue weighted by Crippen LogP contribution is 2.33. The molecule has 1 fully saturated rings. The molecule has 114 valence electrons. The lowest BCUT2D eigenvalue weighted by Gasteiger charge is -2.40. The molecule has 0 unspecified atom stereocenters. The zero-order chi connectivity index (χ0) is 15.8. The molecule has 0 aromatic heterocycles. The van der Waals surface area contributed by atoms with Gasteiger partial charge in [0.25, 0.3) is 0 Å². The number of nitrogens with zero attached hydrogens (tertiary/aromatic N) is 1. The second-order valence-corrected chi connectivity index (χ2v) is 4.98. The van der Waals surface area contributed by atoms with E-state index < -0.39 is 23.8 Å².